The molecular formula is C16H21N5. The lowest BCUT2D eigenvalue weighted by Crippen LogP contribution is -2.31. The van der Waals surface area contributed by atoms with Crippen LogP contribution in [0.25, 0.3) is 0 Å². The van der Waals surface area contributed by atoms with Crippen LogP contribution < -0.4 is 10.2 Å². The summed E-state index contributed by atoms with van der Waals surface area (Å²) in [7, 11) is 0. The molecule has 1 aromatic carbocycles. The highest BCUT2D eigenvalue weighted by atomic mass is 15.3. The van der Waals surface area contributed by atoms with Gasteiger partial charge >= 0.3 is 0 Å². The van der Waals surface area contributed by atoms with E-state index in [-0.39, 0.29) is 0 Å². The van der Waals surface area contributed by atoms with Gasteiger partial charge in [-0.1, -0.05) is 6.07 Å². The fraction of sp³-hybridized carbons (Fsp3) is 0.438. The molecule has 21 heavy (non-hydrogen) atoms. The first kappa shape index (κ1) is 13.8. The summed E-state index contributed by atoms with van der Waals surface area (Å²) >= 11 is 0. The van der Waals surface area contributed by atoms with Crippen molar-refractivity contribution in [2.24, 2.45) is 0 Å². The Morgan fingerprint density at radius 3 is 2.62 bits per heavy atom. The second-order valence-corrected chi connectivity index (χ2v) is 5.61. The molecule has 0 saturated carbocycles. The molecule has 0 radical (unpaired) electrons. The van der Waals surface area contributed by atoms with Gasteiger partial charge in [0.15, 0.2) is 5.82 Å². The molecule has 1 aliphatic rings. The number of rotatable bonds is 3. The molecule has 0 atom stereocenters. The quantitative estimate of drug-likeness (QED) is 0.937. The van der Waals surface area contributed by atoms with Crippen LogP contribution >= 0.6 is 0 Å². The van der Waals surface area contributed by atoms with Crippen LogP contribution in [0.15, 0.2) is 24.4 Å². The minimum absolute atomic E-state index is 0.725. The first-order valence-electron chi connectivity index (χ1n) is 7.51. The molecule has 0 bridgehead atoms. The molecule has 3 rings (SSSR count). The van der Waals surface area contributed by atoms with Crippen molar-refractivity contribution in [2.75, 3.05) is 23.3 Å². The Bertz CT molecular complexity index is 620. The molecule has 1 saturated heterocycles. The van der Waals surface area contributed by atoms with Crippen molar-refractivity contribution in [3.05, 3.63) is 35.5 Å². The SMILES string of the molecule is Cc1ccc(Nc2cnnc(N3CCCCC3)n2)cc1C. The van der Waals surface area contributed by atoms with Gasteiger partial charge in [0.2, 0.25) is 5.95 Å². The van der Waals surface area contributed by atoms with Gasteiger partial charge in [-0.2, -0.15) is 10.1 Å². The van der Waals surface area contributed by atoms with Crippen molar-refractivity contribution in [3.8, 4) is 0 Å². The van der Waals surface area contributed by atoms with Crippen LogP contribution in [0.5, 0.6) is 0 Å². The van der Waals surface area contributed by atoms with Gasteiger partial charge in [0, 0.05) is 18.8 Å². The molecule has 1 fully saturated rings. The lowest BCUT2D eigenvalue weighted by atomic mass is 10.1. The number of aryl methyl sites for hydroxylation is 2. The predicted octanol–water partition coefficient (Wildman–Crippen LogP) is 3.22. The molecule has 0 unspecified atom stereocenters. The Labute approximate surface area is 125 Å². The Hall–Kier alpha value is -2.17. The molecule has 1 N–H and O–H groups in total. The maximum absolute atomic E-state index is 4.59. The van der Waals surface area contributed by atoms with Crippen molar-refractivity contribution in [2.45, 2.75) is 33.1 Å². The summed E-state index contributed by atoms with van der Waals surface area (Å²) in [4.78, 5) is 6.80. The van der Waals surface area contributed by atoms with E-state index in [9.17, 15) is 0 Å². The third-order valence-corrected chi connectivity index (χ3v) is 3.97. The summed E-state index contributed by atoms with van der Waals surface area (Å²) in [5.74, 6) is 1.47. The zero-order valence-corrected chi connectivity index (χ0v) is 12.6. The van der Waals surface area contributed by atoms with Gasteiger partial charge in [-0.3, -0.25) is 0 Å². The van der Waals surface area contributed by atoms with Gasteiger partial charge in [0.05, 0.1) is 6.20 Å². The molecule has 0 spiro atoms. The maximum atomic E-state index is 4.59. The van der Waals surface area contributed by atoms with E-state index < -0.39 is 0 Å². The Kier molecular flexibility index (Phi) is 3.99. The third-order valence-electron chi connectivity index (χ3n) is 3.97. The zero-order chi connectivity index (χ0) is 14.7. The molecule has 110 valence electrons. The molecule has 2 aromatic rings. The van der Waals surface area contributed by atoms with E-state index >= 15 is 0 Å². The van der Waals surface area contributed by atoms with Gasteiger partial charge in [-0.15, -0.1) is 5.10 Å². The average Bonchev–Trinajstić information content (AvgIpc) is 2.52. The van der Waals surface area contributed by atoms with Crippen LogP contribution in [0.1, 0.15) is 30.4 Å². The summed E-state index contributed by atoms with van der Waals surface area (Å²) in [5.41, 5.74) is 3.58. The van der Waals surface area contributed by atoms with Crippen molar-refractivity contribution in [1.82, 2.24) is 15.2 Å². The zero-order valence-electron chi connectivity index (χ0n) is 12.6. The first-order chi connectivity index (χ1) is 10.2. The fourth-order valence-electron chi connectivity index (χ4n) is 2.55. The minimum Gasteiger partial charge on any atom is -0.339 e. The topological polar surface area (TPSA) is 53.9 Å². The summed E-state index contributed by atoms with van der Waals surface area (Å²) in [6, 6.07) is 6.29. The lowest BCUT2D eigenvalue weighted by molar-refractivity contribution is 0.565. The number of piperidine rings is 1. The van der Waals surface area contributed by atoms with Crippen LogP contribution in [-0.4, -0.2) is 28.3 Å². The summed E-state index contributed by atoms with van der Waals surface area (Å²) < 4.78 is 0. The second kappa shape index (κ2) is 6.08. The van der Waals surface area contributed by atoms with E-state index in [1.54, 1.807) is 6.20 Å². The van der Waals surface area contributed by atoms with Gasteiger partial charge in [-0.25, -0.2) is 0 Å². The molecule has 2 heterocycles. The van der Waals surface area contributed by atoms with Crippen LogP contribution in [0.3, 0.4) is 0 Å². The number of nitrogens with one attached hydrogen (secondary N) is 1. The first-order valence-corrected chi connectivity index (χ1v) is 7.51. The summed E-state index contributed by atoms with van der Waals surface area (Å²) in [6.45, 7) is 6.27. The van der Waals surface area contributed by atoms with E-state index in [1.165, 1.54) is 30.4 Å². The number of anilines is 3. The Morgan fingerprint density at radius 2 is 1.86 bits per heavy atom. The van der Waals surface area contributed by atoms with Crippen LogP contribution in [0, 0.1) is 13.8 Å². The van der Waals surface area contributed by atoms with E-state index in [0.29, 0.717) is 0 Å². The summed E-state index contributed by atoms with van der Waals surface area (Å²) in [6.07, 6.45) is 5.38. The monoisotopic (exact) mass is 283 g/mol. The highest BCUT2D eigenvalue weighted by molar-refractivity contribution is 5.58. The van der Waals surface area contributed by atoms with Crippen molar-refractivity contribution >= 4 is 17.5 Å². The molecule has 5 nitrogen and oxygen atoms in total. The van der Waals surface area contributed by atoms with Gasteiger partial charge in [0.1, 0.15) is 0 Å². The van der Waals surface area contributed by atoms with Crippen LogP contribution in [0.4, 0.5) is 17.5 Å². The largest absolute Gasteiger partial charge is 0.339 e. The number of benzene rings is 1. The molecule has 0 aliphatic carbocycles. The van der Waals surface area contributed by atoms with E-state index in [2.05, 4.69) is 57.4 Å². The molecular weight excluding hydrogens is 262 g/mol. The van der Waals surface area contributed by atoms with E-state index in [1.807, 2.05) is 0 Å². The standard InChI is InChI=1S/C16H21N5/c1-12-6-7-14(10-13(12)2)18-15-11-17-20-16(19-15)21-8-4-3-5-9-21/h6-7,10-11H,3-5,8-9H2,1-2H3,(H,18,19,20). The summed E-state index contributed by atoms with van der Waals surface area (Å²) in [5, 5.41) is 11.6. The van der Waals surface area contributed by atoms with Gasteiger partial charge in [-0.05, 0) is 56.4 Å². The lowest BCUT2D eigenvalue weighted by Gasteiger charge is -2.26. The molecule has 5 heteroatoms. The Balaban J connectivity index is 1.77. The molecule has 1 aliphatic heterocycles. The highest BCUT2D eigenvalue weighted by Gasteiger charge is 2.14. The number of hydrogen-bond acceptors (Lipinski definition) is 5. The number of hydrogen-bond donors (Lipinski definition) is 1. The maximum Gasteiger partial charge on any atom is 0.247 e. The Morgan fingerprint density at radius 1 is 1.05 bits per heavy atom. The van der Waals surface area contributed by atoms with E-state index in [0.717, 1.165) is 30.5 Å². The third kappa shape index (κ3) is 3.29. The van der Waals surface area contributed by atoms with Crippen LogP contribution in [-0.2, 0) is 0 Å². The van der Waals surface area contributed by atoms with Gasteiger partial charge < -0.3 is 10.2 Å². The van der Waals surface area contributed by atoms with Crippen LogP contribution in [0.2, 0.25) is 0 Å². The smallest absolute Gasteiger partial charge is 0.247 e. The molecule has 1 aromatic heterocycles. The predicted molar refractivity (Wildman–Crippen MR) is 85.1 cm³/mol. The fourth-order valence-corrected chi connectivity index (χ4v) is 2.55. The normalized spacial score (nSPS) is 15.0. The van der Waals surface area contributed by atoms with Crippen molar-refractivity contribution in [1.29, 1.82) is 0 Å². The second-order valence-electron chi connectivity index (χ2n) is 5.61. The number of nitrogens with zero attached hydrogens (tertiary/aromatic N) is 4. The van der Waals surface area contributed by atoms with Crippen molar-refractivity contribution in [3.63, 3.8) is 0 Å². The van der Waals surface area contributed by atoms with E-state index in [4.69, 9.17) is 0 Å². The van der Waals surface area contributed by atoms with Crippen molar-refractivity contribution < 1.29 is 0 Å². The number of aromatic nitrogens is 3. The van der Waals surface area contributed by atoms with Gasteiger partial charge in [0.25, 0.3) is 0 Å². The highest BCUT2D eigenvalue weighted by Crippen LogP contribution is 2.20. The minimum atomic E-state index is 0.725. The molecule has 0 amide bonds. The average molecular weight is 283 g/mol.